The number of halogens is 1. The summed E-state index contributed by atoms with van der Waals surface area (Å²) in [5, 5.41) is 2.86. The number of rotatable bonds is 5. The van der Waals surface area contributed by atoms with Crippen LogP contribution < -0.4 is 21.7 Å². The van der Waals surface area contributed by atoms with Gasteiger partial charge in [-0.2, -0.15) is 0 Å². The van der Waals surface area contributed by atoms with Crippen LogP contribution >= 0.6 is 12.4 Å². The van der Waals surface area contributed by atoms with E-state index in [1.54, 1.807) is 19.1 Å². The highest BCUT2D eigenvalue weighted by Crippen LogP contribution is 2.30. The van der Waals surface area contributed by atoms with E-state index in [1.807, 2.05) is 6.07 Å². The fraction of sp³-hybridized carbons (Fsp3) is 0.467. The van der Waals surface area contributed by atoms with Crippen LogP contribution in [0.25, 0.3) is 0 Å². The molecule has 2 amide bonds. The Bertz CT molecular complexity index is 544. The molecule has 1 aromatic rings. The van der Waals surface area contributed by atoms with Gasteiger partial charge in [0.2, 0.25) is 11.8 Å². The molecule has 0 aliphatic carbocycles. The number of anilines is 2. The van der Waals surface area contributed by atoms with Gasteiger partial charge < -0.3 is 21.7 Å². The quantitative estimate of drug-likeness (QED) is 0.760. The van der Waals surface area contributed by atoms with Gasteiger partial charge in [-0.3, -0.25) is 9.59 Å². The fourth-order valence-electron chi connectivity index (χ4n) is 2.39. The molecule has 22 heavy (non-hydrogen) atoms. The average Bonchev–Trinajstić information content (AvgIpc) is 3.00. The lowest BCUT2D eigenvalue weighted by atomic mass is 10.1. The zero-order chi connectivity index (χ0) is 15.4. The van der Waals surface area contributed by atoms with Crippen molar-refractivity contribution in [2.75, 3.05) is 29.9 Å². The van der Waals surface area contributed by atoms with Crippen molar-refractivity contribution in [3.63, 3.8) is 0 Å². The largest absolute Gasteiger partial charge is 0.370 e. The first-order valence-corrected chi connectivity index (χ1v) is 7.22. The van der Waals surface area contributed by atoms with Gasteiger partial charge in [0.25, 0.3) is 0 Å². The molecule has 1 aliphatic rings. The van der Waals surface area contributed by atoms with Crippen molar-refractivity contribution in [1.29, 1.82) is 0 Å². The summed E-state index contributed by atoms with van der Waals surface area (Å²) in [7, 11) is 0. The molecule has 1 unspecified atom stereocenters. The molecule has 0 saturated carbocycles. The Morgan fingerprint density at radius 1 is 1.32 bits per heavy atom. The van der Waals surface area contributed by atoms with E-state index in [0.717, 1.165) is 31.6 Å². The van der Waals surface area contributed by atoms with E-state index in [4.69, 9.17) is 11.5 Å². The minimum atomic E-state index is -0.509. The summed E-state index contributed by atoms with van der Waals surface area (Å²) in [5.74, 6) is -0.946. The number of carbonyl (C=O) groups is 2. The van der Waals surface area contributed by atoms with Gasteiger partial charge in [0, 0.05) is 31.1 Å². The molecule has 0 aromatic heterocycles. The summed E-state index contributed by atoms with van der Waals surface area (Å²) in [6, 6.07) is 5.17. The van der Waals surface area contributed by atoms with Crippen LogP contribution in [0.1, 0.15) is 30.1 Å². The SMILES string of the molecule is CC(CN)C(=O)Nc1cc(C(N)=O)ccc1N1CCCC1.Cl. The molecule has 1 aliphatic heterocycles. The van der Waals surface area contributed by atoms with E-state index in [-0.39, 0.29) is 30.8 Å². The Balaban J connectivity index is 0.00000242. The lowest BCUT2D eigenvalue weighted by Gasteiger charge is -2.23. The maximum absolute atomic E-state index is 12.1. The van der Waals surface area contributed by atoms with Crippen molar-refractivity contribution in [3.05, 3.63) is 23.8 Å². The second-order valence-corrected chi connectivity index (χ2v) is 5.42. The third-order valence-electron chi connectivity index (χ3n) is 3.79. The van der Waals surface area contributed by atoms with Gasteiger partial charge in [-0.25, -0.2) is 0 Å². The molecule has 5 N–H and O–H groups in total. The number of nitrogens with zero attached hydrogens (tertiary/aromatic N) is 1. The normalized spacial score (nSPS) is 15.1. The highest BCUT2D eigenvalue weighted by Gasteiger charge is 2.19. The van der Waals surface area contributed by atoms with E-state index in [0.29, 0.717) is 11.3 Å². The highest BCUT2D eigenvalue weighted by molar-refractivity contribution is 6.00. The summed E-state index contributed by atoms with van der Waals surface area (Å²) in [6.07, 6.45) is 2.26. The zero-order valence-electron chi connectivity index (χ0n) is 12.7. The van der Waals surface area contributed by atoms with E-state index >= 15 is 0 Å². The smallest absolute Gasteiger partial charge is 0.248 e. The van der Waals surface area contributed by atoms with Crippen molar-refractivity contribution in [3.8, 4) is 0 Å². The molecular formula is C15H23ClN4O2. The van der Waals surface area contributed by atoms with Gasteiger partial charge in [0.1, 0.15) is 0 Å². The first-order chi connectivity index (χ1) is 10.0. The van der Waals surface area contributed by atoms with Crippen molar-refractivity contribution >= 4 is 35.6 Å². The maximum Gasteiger partial charge on any atom is 0.248 e. The average molecular weight is 327 g/mol. The van der Waals surface area contributed by atoms with E-state index in [9.17, 15) is 9.59 Å². The molecule has 0 bridgehead atoms. The van der Waals surface area contributed by atoms with Crippen molar-refractivity contribution in [1.82, 2.24) is 0 Å². The minimum absolute atomic E-state index is 0. The van der Waals surface area contributed by atoms with E-state index in [2.05, 4.69) is 10.2 Å². The number of hydrogen-bond acceptors (Lipinski definition) is 4. The second-order valence-electron chi connectivity index (χ2n) is 5.42. The Labute approximate surface area is 136 Å². The maximum atomic E-state index is 12.1. The predicted octanol–water partition coefficient (Wildman–Crippen LogP) is 1.34. The molecule has 7 heteroatoms. The van der Waals surface area contributed by atoms with E-state index in [1.165, 1.54) is 0 Å². The topological polar surface area (TPSA) is 101 Å². The first-order valence-electron chi connectivity index (χ1n) is 7.22. The lowest BCUT2D eigenvalue weighted by Crippen LogP contribution is -2.28. The second kappa shape index (κ2) is 8.00. The minimum Gasteiger partial charge on any atom is -0.370 e. The molecule has 1 fully saturated rings. The monoisotopic (exact) mass is 326 g/mol. The van der Waals surface area contributed by atoms with Crippen molar-refractivity contribution in [2.45, 2.75) is 19.8 Å². The summed E-state index contributed by atoms with van der Waals surface area (Å²) >= 11 is 0. The number of nitrogens with one attached hydrogen (secondary N) is 1. The third-order valence-corrected chi connectivity index (χ3v) is 3.79. The summed E-state index contributed by atoms with van der Waals surface area (Å²) in [6.45, 7) is 3.94. The van der Waals surface area contributed by atoms with Gasteiger partial charge in [-0.15, -0.1) is 12.4 Å². The Kier molecular flexibility index (Phi) is 6.64. The zero-order valence-corrected chi connectivity index (χ0v) is 13.5. The molecule has 1 saturated heterocycles. The molecule has 0 spiro atoms. The number of benzene rings is 1. The molecule has 1 atom stereocenters. The Morgan fingerprint density at radius 2 is 1.95 bits per heavy atom. The molecule has 6 nitrogen and oxygen atoms in total. The predicted molar refractivity (Wildman–Crippen MR) is 90.5 cm³/mol. The summed E-state index contributed by atoms with van der Waals surface area (Å²) in [4.78, 5) is 25.6. The number of hydrogen-bond donors (Lipinski definition) is 3. The van der Waals surface area contributed by atoms with Gasteiger partial charge >= 0.3 is 0 Å². The van der Waals surface area contributed by atoms with Gasteiger partial charge in [-0.05, 0) is 31.0 Å². The number of nitrogens with two attached hydrogens (primary N) is 2. The Morgan fingerprint density at radius 3 is 2.50 bits per heavy atom. The number of carbonyl (C=O) groups excluding carboxylic acids is 2. The van der Waals surface area contributed by atoms with E-state index < -0.39 is 5.91 Å². The fourth-order valence-corrected chi connectivity index (χ4v) is 2.39. The molecular weight excluding hydrogens is 304 g/mol. The van der Waals surface area contributed by atoms with Crippen LogP contribution in [0.2, 0.25) is 0 Å². The van der Waals surface area contributed by atoms with Gasteiger partial charge in [0.15, 0.2) is 0 Å². The molecule has 1 heterocycles. The van der Waals surface area contributed by atoms with Crippen molar-refractivity contribution < 1.29 is 9.59 Å². The van der Waals surface area contributed by atoms with Crippen LogP contribution in [0.3, 0.4) is 0 Å². The van der Waals surface area contributed by atoms with Crippen LogP contribution in [0.4, 0.5) is 11.4 Å². The summed E-state index contributed by atoms with van der Waals surface area (Å²) < 4.78 is 0. The van der Waals surface area contributed by atoms with Gasteiger partial charge in [-0.1, -0.05) is 6.92 Å². The first kappa shape index (κ1) is 18.3. The van der Waals surface area contributed by atoms with Crippen LogP contribution in [-0.4, -0.2) is 31.4 Å². The van der Waals surface area contributed by atoms with Crippen LogP contribution in [0.5, 0.6) is 0 Å². The third kappa shape index (κ3) is 4.11. The highest BCUT2D eigenvalue weighted by atomic mass is 35.5. The molecule has 0 radical (unpaired) electrons. The number of primary amides is 1. The number of amides is 2. The van der Waals surface area contributed by atoms with Crippen LogP contribution in [0.15, 0.2) is 18.2 Å². The van der Waals surface area contributed by atoms with Crippen molar-refractivity contribution in [2.24, 2.45) is 17.4 Å². The lowest BCUT2D eigenvalue weighted by molar-refractivity contribution is -0.119. The van der Waals surface area contributed by atoms with Gasteiger partial charge in [0.05, 0.1) is 11.4 Å². The molecule has 2 rings (SSSR count). The summed E-state index contributed by atoms with van der Waals surface area (Å²) in [5.41, 5.74) is 12.8. The van der Waals surface area contributed by atoms with Crippen LogP contribution in [0, 0.1) is 5.92 Å². The molecule has 122 valence electrons. The molecule has 1 aromatic carbocycles. The van der Waals surface area contributed by atoms with Crippen LogP contribution in [-0.2, 0) is 4.79 Å². The Hall–Kier alpha value is -1.79. The standard InChI is InChI=1S/C15H22N4O2.ClH/c1-10(9-16)15(21)18-12-8-11(14(17)20)4-5-13(12)19-6-2-3-7-19;/h4-5,8,10H,2-3,6-7,9,16H2,1H3,(H2,17,20)(H,18,21);1H.